The summed E-state index contributed by atoms with van der Waals surface area (Å²) in [6.45, 7) is 5.39. The number of aryl methyl sites for hydroxylation is 1. The molecule has 0 aliphatic carbocycles. The van der Waals surface area contributed by atoms with E-state index in [2.05, 4.69) is 10.6 Å². The second kappa shape index (κ2) is 7.53. The molecule has 0 radical (unpaired) electrons. The molecule has 2 rings (SSSR count). The van der Waals surface area contributed by atoms with Gasteiger partial charge in [0, 0.05) is 12.1 Å². The second-order valence-electron chi connectivity index (χ2n) is 6.71. The van der Waals surface area contributed by atoms with Crippen molar-refractivity contribution in [2.24, 2.45) is 0 Å². The van der Waals surface area contributed by atoms with Crippen LogP contribution in [0.3, 0.4) is 0 Å². The van der Waals surface area contributed by atoms with Gasteiger partial charge in [-0.1, -0.05) is 0 Å². The molecule has 1 aliphatic rings. The fourth-order valence-electron chi connectivity index (χ4n) is 2.22. The Morgan fingerprint density at radius 1 is 1.38 bits per heavy atom. The number of carbonyl (C=O) groups is 2. The van der Waals surface area contributed by atoms with Crippen LogP contribution in [0, 0.1) is 0 Å². The average molecular weight is 336 g/mol. The third kappa shape index (κ3) is 5.73. The number of anilines is 1. The zero-order chi connectivity index (χ0) is 17.7. The molecule has 7 heteroatoms. The zero-order valence-corrected chi connectivity index (χ0v) is 14.2. The van der Waals surface area contributed by atoms with Crippen molar-refractivity contribution in [2.75, 3.05) is 18.5 Å². The number of aliphatic hydroxyl groups is 1. The highest BCUT2D eigenvalue weighted by molar-refractivity contribution is 5.93. The maximum atomic E-state index is 11.5. The first-order chi connectivity index (χ1) is 11.2. The molecule has 0 aromatic heterocycles. The lowest BCUT2D eigenvalue weighted by atomic mass is 10.0. The molecule has 2 amide bonds. The van der Waals surface area contributed by atoms with Crippen LogP contribution in [-0.4, -0.2) is 42.0 Å². The van der Waals surface area contributed by atoms with Crippen LogP contribution in [0.5, 0.6) is 5.75 Å². The first kappa shape index (κ1) is 18.1. The predicted molar refractivity (Wildman–Crippen MR) is 89.1 cm³/mol. The largest absolute Gasteiger partial charge is 0.491 e. The van der Waals surface area contributed by atoms with Crippen molar-refractivity contribution in [1.82, 2.24) is 5.32 Å². The molecule has 0 saturated heterocycles. The monoisotopic (exact) mass is 336 g/mol. The molecule has 0 saturated carbocycles. The van der Waals surface area contributed by atoms with Crippen molar-refractivity contribution in [3.05, 3.63) is 23.8 Å². The van der Waals surface area contributed by atoms with Crippen LogP contribution >= 0.6 is 0 Å². The molecule has 132 valence electrons. The Morgan fingerprint density at radius 2 is 2.12 bits per heavy atom. The maximum Gasteiger partial charge on any atom is 0.407 e. The Hall–Kier alpha value is -2.28. The third-order valence-corrected chi connectivity index (χ3v) is 3.30. The van der Waals surface area contributed by atoms with E-state index in [0.29, 0.717) is 18.6 Å². The average Bonchev–Trinajstić information content (AvgIpc) is 2.49. The minimum absolute atomic E-state index is 0.0137. The van der Waals surface area contributed by atoms with Crippen LogP contribution in [0.25, 0.3) is 0 Å². The Labute approximate surface area is 141 Å². The standard InChI is InChI=1S/C17H24N2O5/c1-17(2,3)24-16(22)18-9-12(20)10-23-13-5-6-14-11(8-13)4-7-15(21)19-14/h5-6,8,12,20H,4,7,9-10H2,1-3H3,(H,18,22)(H,19,21). The van der Waals surface area contributed by atoms with Crippen LogP contribution in [-0.2, 0) is 16.0 Å². The second-order valence-corrected chi connectivity index (χ2v) is 6.71. The molecule has 1 aliphatic heterocycles. The van der Waals surface area contributed by atoms with E-state index < -0.39 is 17.8 Å². The maximum absolute atomic E-state index is 11.5. The lowest BCUT2D eigenvalue weighted by Gasteiger charge is -2.21. The van der Waals surface area contributed by atoms with E-state index in [1.807, 2.05) is 6.07 Å². The highest BCUT2D eigenvalue weighted by Gasteiger charge is 2.18. The number of ether oxygens (including phenoxy) is 2. The number of carbonyl (C=O) groups excluding carboxylic acids is 2. The van der Waals surface area contributed by atoms with Crippen LogP contribution < -0.4 is 15.4 Å². The van der Waals surface area contributed by atoms with Gasteiger partial charge in [-0.05, 0) is 51.0 Å². The minimum Gasteiger partial charge on any atom is -0.491 e. The highest BCUT2D eigenvalue weighted by Crippen LogP contribution is 2.26. The van der Waals surface area contributed by atoms with Crippen molar-refractivity contribution in [3.63, 3.8) is 0 Å². The summed E-state index contributed by atoms with van der Waals surface area (Å²) in [7, 11) is 0. The number of hydrogen-bond donors (Lipinski definition) is 3. The number of aliphatic hydroxyl groups excluding tert-OH is 1. The topological polar surface area (TPSA) is 96.9 Å². The number of nitrogens with one attached hydrogen (secondary N) is 2. The van der Waals surface area contributed by atoms with Crippen LogP contribution in [0.15, 0.2) is 18.2 Å². The number of fused-ring (bicyclic) bond motifs is 1. The Morgan fingerprint density at radius 3 is 2.83 bits per heavy atom. The van der Waals surface area contributed by atoms with Gasteiger partial charge in [0.1, 0.15) is 24.1 Å². The number of hydrogen-bond acceptors (Lipinski definition) is 5. The summed E-state index contributed by atoms with van der Waals surface area (Å²) >= 11 is 0. The number of amides is 2. The van der Waals surface area contributed by atoms with E-state index in [0.717, 1.165) is 11.3 Å². The summed E-state index contributed by atoms with van der Waals surface area (Å²) in [4.78, 5) is 22.8. The smallest absolute Gasteiger partial charge is 0.407 e. The molecule has 1 unspecified atom stereocenters. The van der Waals surface area contributed by atoms with Gasteiger partial charge in [0.15, 0.2) is 0 Å². The molecule has 24 heavy (non-hydrogen) atoms. The van der Waals surface area contributed by atoms with Gasteiger partial charge in [0.05, 0.1) is 6.54 Å². The fraction of sp³-hybridized carbons (Fsp3) is 0.529. The molecular weight excluding hydrogens is 312 g/mol. The lowest BCUT2D eigenvalue weighted by Crippen LogP contribution is -2.38. The Bertz CT molecular complexity index is 609. The van der Waals surface area contributed by atoms with Crippen molar-refractivity contribution >= 4 is 17.7 Å². The van der Waals surface area contributed by atoms with Crippen molar-refractivity contribution in [3.8, 4) is 5.75 Å². The van der Waals surface area contributed by atoms with E-state index in [-0.39, 0.29) is 19.1 Å². The van der Waals surface area contributed by atoms with Gasteiger partial charge in [0.25, 0.3) is 0 Å². The van der Waals surface area contributed by atoms with E-state index in [9.17, 15) is 14.7 Å². The quantitative estimate of drug-likeness (QED) is 0.762. The SMILES string of the molecule is CC(C)(C)OC(=O)NCC(O)COc1ccc2c(c1)CCC(=O)N2. The molecule has 0 bridgehead atoms. The summed E-state index contributed by atoms with van der Waals surface area (Å²) in [5.74, 6) is 0.626. The zero-order valence-electron chi connectivity index (χ0n) is 14.2. The van der Waals surface area contributed by atoms with Gasteiger partial charge < -0.3 is 25.2 Å². The van der Waals surface area contributed by atoms with Gasteiger partial charge in [-0.3, -0.25) is 4.79 Å². The Kier molecular flexibility index (Phi) is 5.66. The third-order valence-electron chi connectivity index (χ3n) is 3.30. The number of rotatable bonds is 5. The van der Waals surface area contributed by atoms with Gasteiger partial charge in [-0.2, -0.15) is 0 Å². The summed E-state index contributed by atoms with van der Waals surface area (Å²) in [5.41, 5.74) is 1.23. The van der Waals surface area contributed by atoms with Gasteiger partial charge in [-0.25, -0.2) is 4.79 Å². The van der Waals surface area contributed by atoms with Crippen molar-refractivity contribution in [2.45, 2.75) is 45.3 Å². The van der Waals surface area contributed by atoms with E-state index >= 15 is 0 Å². The van der Waals surface area contributed by atoms with Gasteiger partial charge >= 0.3 is 6.09 Å². The van der Waals surface area contributed by atoms with E-state index in [1.165, 1.54) is 0 Å². The lowest BCUT2D eigenvalue weighted by molar-refractivity contribution is -0.116. The summed E-state index contributed by atoms with van der Waals surface area (Å²) in [6.07, 6.45) is -0.306. The van der Waals surface area contributed by atoms with Crippen LogP contribution in [0.4, 0.5) is 10.5 Å². The molecule has 1 aromatic rings. The van der Waals surface area contributed by atoms with E-state index in [1.54, 1.807) is 32.9 Å². The van der Waals surface area contributed by atoms with Crippen LogP contribution in [0.1, 0.15) is 32.8 Å². The molecule has 7 nitrogen and oxygen atoms in total. The number of alkyl carbamates (subject to hydrolysis) is 1. The fourth-order valence-corrected chi connectivity index (χ4v) is 2.22. The van der Waals surface area contributed by atoms with Gasteiger partial charge in [-0.15, -0.1) is 0 Å². The molecule has 1 aromatic carbocycles. The molecule has 1 atom stereocenters. The normalized spacial score (nSPS) is 15.1. The van der Waals surface area contributed by atoms with Crippen LogP contribution in [0.2, 0.25) is 0 Å². The predicted octanol–water partition coefficient (Wildman–Crippen LogP) is 1.84. The first-order valence-electron chi connectivity index (χ1n) is 7.93. The summed E-state index contributed by atoms with van der Waals surface area (Å²) in [6, 6.07) is 5.37. The minimum atomic E-state index is -0.853. The molecule has 0 spiro atoms. The van der Waals surface area contributed by atoms with E-state index in [4.69, 9.17) is 9.47 Å². The van der Waals surface area contributed by atoms with Gasteiger partial charge in [0.2, 0.25) is 5.91 Å². The Balaban J connectivity index is 1.77. The summed E-state index contributed by atoms with van der Waals surface area (Å²) < 4.78 is 10.6. The summed E-state index contributed by atoms with van der Waals surface area (Å²) in [5, 5.41) is 15.2. The highest BCUT2D eigenvalue weighted by atomic mass is 16.6. The molecule has 1 heterocycles. The number of benzene rings is 1. The van der Waals surface area contributed by atoms with Crippen molar-refractivity contribution in [1.29, 1.82) is 0 Å². The molecular formula is C17H24N2O5. The molecule has 0 fully saturated rings. The molecule has 3 N–H and O–H groups in total. The first-order valence-corrected chi connectivity index (χ1v) is 7.93. The van der Waals surface area contributed by atoms with Crippen molar-refractivity contribution < 1.29 is 24.2 Å².